The number of carbonyl (C=O) groups excluding carboxylic acids is 1. The first kappa shape index (κ1) is 15.1. The molecule has 0 bridgehead atoms. The molecule has 0 spiro atoms. The number of hydrogen-bond donors (Lipinski definition) is 1. The van der Waals surface area contributed by atoms with Crippen molar-refractivity contribution in [3.8, 4) is 0 Å². The summed E-state index contributed by atoms with van der Waals surface area (Å²) >= 11 is 0. The van der Waals surface area contributed by atoms with Gasteiger partial charge in [-0.1, -0.05) is 0 Å². The van der Waals surface area contributed by atoms with Crippen molar-refractivity contribution in [2.45, 2.75) is 36.6 Å². The summed E-state index contributed by atoms with van der Waals surface area (Å²) in [7, 11) is -0.310. The Morgan fingerprint density at radius 3 is 2.50 bits per heavy atom. The predicted octanol–water partition coefficient (Wildman–Crippen LogP) is 1.04. The number of carbonyl (C=O) groups is 1. The van der Waals surface area contributed by atoms with E-state index in [-0.39, 0.29) is 22.8 Å². The van der Waals surface area contributed by atoms with Gasteiger partial charge >= 0.3 is 5.97 Å². The zero-order valence-electron chi connectivity index (χ0n) is 11.7. The maximum atomic E-state index is 12.2. The second-order valence-corrected chi connectivity index (χ2v) is 6.92. The van der Waals surface area contributed by atoms with Crippen molar-refractivity contribution in [1.29, 1.82) is 0 Å². The lowest BCUT2D eigenvalue weighted by molar-refractivity contribution is -0.146. The number of aryl methyl sites for hydroxylation is 1. The van der Waals surface area contributed by atoms with Gasteiger partial charge in [0, 0.05) is 25.5 Å². The summed E-state index contributed by atoms with van der Waals surface area (Å²) in [4.78, 5) is 11.7. The Balaban J connectivity index is 1.94. The SMILES string of the molecule is COC(=O)C1CCC(NS(=O)(=O)c2ccn(C)c2)CC1. The van der Waals surface area contributed by atoms with Gasteiger partial charge in [0.2, 0.25) is 10.0 Å². The summed E-state index contributed by atoms with van der Waals surface area (Å²) in [6.07, 6.45) is 5.91. The third-order valence-corrected chi connectivity index (χ3v) is 5.20. The number of sulfonamides is 1. The maximum Gasteiger partial charge on any atom is 0.308 e. The van der Waals surface area contributed by atoms with Gasteiger partial charge in [0.25, 0.3) is 0 Å². The van der Waals surface area contributed by atoms with Crippen molar-refractivity contribution in [3.63, 3.8) is 0 Å². The summed E-state index contributed by atoms with van der Waals surface area (Å²) in [6.45, 7) is 0. The molecular weight excluding hydrogens is 280 g/mol. The molecular formula is C13H20N2O4S. The van der Waals surface area contributed by atoms with Crippen LogP contribution in [0.4, 0.5) is 0 Å². The van der Waals surface area contributed by atoms with Gasteiger partial charge in [-0.15, -0.1) is 0 Å². The van der Waals surface area contributed by atoms with Gasteiger partial charge in [-0.3, -0.25) is 4.79 Å². The maximum absolute atomic E-state index is 12.2. The van der Waals surface area contributed by atoms with Gasteiger partial charge in [0.1, 0.15) is 0 Å². The van der Waals surface area contributed by atoms with Gasteiger partial charge in [0.15, 0.2) is 0 Å². The van der Waals surface area contributed by atoms with Crippen LogP contribution in [0.2, 0.25) is 0 Å². The Morgan fingerprint density at radius 2 is 2.00 bits per heavy atom. The average Bonchev–Trinajstić information content (AvgIpc) is 2.86. The molecule has 0 aromatic carbocycles. The molecule has 1 fully saturated rings. The minimum atomic E-state index is -3.47. The minimum absolute atomic E-state index is 0.0996. The molecule has 1 saturated carbocycles. The number of nitrogens with zero attached hydrogens (tertiary/aromatic N) is 1. The second-order valence-electron chi connectivity index (χ2n) is 5.21. The summed E-state index contributed by atoms with van der Waals surface area (Å²) in [5.41, 5.74) is 0. The van der Waals surface area contributed by atoms with Crippen molar-refractivity contribution in [1.82, 2.24) is 9.29 Å². The molecule has 0 aliphatic heterocycles. The Labute approximate surface area is 119 Å². The number of methoxy groups -OCH3 is 1. The van der Waals surface area contributed by atoms with E-state index in [2.05, 4.69) is 4.72 Å². The van der Waals surface area contributed by atoms with Crippen molar-refractivity contribution in [2.75, 3.05) is 7.11 Å². The minimum Gasteiger partial charge on any atom is -0.469 e. The van der Waals surface area contributed by atoms with Crippen LogP contribution in [0.1, 0.15) is 25.7 Å². The monoisotopic (exact) mass is 300 g/mol. The van der Waals surface area contributed by atoms with Crippen LogP contribution < -0.4 is 4.72 Å². The van der Waals surface area contributed by atoms with E-state index < -0.39 is 10.0 Å². The lowest BCUT2D eigenvalue weighted by atomic mass is 9.86. The van der Waals surface area contributed by atoms with Gasteiger partial charge in [-0.05, 0) is 31.7 Å². The number of hydrogen-bond acceptors (Lipinski definition) is 4. The Bertz CT molecular complexity index is 571. The lowest BCUT2D eigenvalue weighted by Crippen LogP contribution is -2.38. The third-order valence-electron chi connectivity index (χ3n) is 3.70. The normalized spacial score (nSPS) is 23.5. The van der Waals surface area contributed by atoms with Crippen LogP contribution in [0.3, 0.4) is 0 Å². The van der Waals surface area contributed by atoms with Crippen LogP contribution in [-0.4, -0.2) is 32.1 Å². The highest BCUT2D eigenvalue weighted by Crippen LogP contribution is 2.26. The first-order valence-electron chi connectivity index (χ1n) is 6.64. The smallest absolute Gasteiger partial charge is 0.308 e. The molecule has 20 heavy (non-hydrogen) atoms. The van der Waals surface area contributed by atoms with E-state index in [9.17, 15) is 13.2 Å². The highest BCUT2D eigenvalue weighted by atomic mass is 32.2. The van der Waals surface area contributed by atoms with Gasteiger partial charge in [-0.25, -0.2) is 13.1 Å². The molecule has 112 valence electrons. The Kier molecular flexibility index (Phi) is 4.49. The zero-order valence-corrected chi connectivity index (χ0v) is 12.5. The van der Waals surface area contributed by atoms with Crippen molar-refractivity contribution < 1.29 is 17.9 Å². The zero-order chi connectivity index (χ0) is 14.8. The topological polar surface area (TPSA) is 77.4 Å². The first-order chi connectivity index (χ1) is 9.42. The van der Waals surface area contributed by atoms with Crippen LogP contribution in [-0.2, 0) is 26.6 Å². The standard InChI is InChI=1S/C13H20N2O4S/c1-15-8-7-12(9-15)20(17,18)14-11-5-3-10(4-6-11)13(16)19-2/h7-11,14H,3-6H2,1-2H3. The molecule has 6 nitrogen and oxygen atoms in total. The molecule has 0 amide bonds. The first-order valence-corrected chi connectivity index (χ1v) is 8.13. The molecule has 1 heterocycles. The number of ether oxygens (including phenoxy) is 1. The third kappa shape index (κ3) is 3.40. The molecule has 2 rings (SSSR count). The summed E-state index contributed by atoms with van der Waals surface area (Å²) in [6, 6.07) is 1.46. The van der Waals surface area contributed by atoms with E-state index in [1.807, 2.05) is 0 Å². The van der Waals surface area contributed by atoms with E-state index in [1.54, 1.807) is 30.1 Å². The summed E-state index contributed by atoms with van der Waals surface area (Å²) < 4.78 is 33.5. The molecule has 1 N–H and O–H groups in total. The number of aromatic nitrogens is 1. The van der Waals surface area contributed by atoms with Crippen molar-refractivity contribution >= 4 is 16.0 Å². The van der Waals surface area contributed by atoms with E-state index in [1.165, 1.54) is 7.11 Å². The fraction of sp³-hybridized carbons (Fsp3) is 0.615. The van der Waals surface area contributed by atoms with Crippen LogP contribution in [0.25, 0.3) is 0 Å². The second kappa shape index (κ2) is 5.97. The van der Waals surface area contributed by atoms with E-state index in [4.69, 9.17) is 4.74 Å². The number of rotatable bonds is 4. The molecule has 7 heteroatoms. The van der Waals surface area contributed by atoms with Crippen LogP contribution in [0.15, 0.2) is 23.4 Å². The van der Waals surface area contributed by atoms with Crippen LogP contribution in [0.5, 0.6) is 0 Å². The highest BCUT2D eigenvalue weighted by molar-refractivity contribution is 7.89. The Morgan fingerprint density at radius 1 is 1.35 bits per heavy atom. The molecule has 0 atom stereocenters. The average molecular weight is 300 g/mol. The van der Waals surface area contributed by atoms with Gasteiger partial charge in [-0.2, -0.15) is 0 Å². The van der Waals surface area contributed by atoms with Gasteiger partial charge in [0.05, 0.1) is 17.9 Å². The largest absolute Gasteiger partial charge is 0.469 e. The molecule has 1 aliphatic rings. The van der Waals surface area contributed by atoms with Crippen LogP contribution >= 0.6 is 0 Å². The lowest BCUT2D eigenvalue weighted by Gasteiger charge is -2.27. The van der Waals surface area contributed by atoms with E-state index in [0.717, 1.165) is 0 Å². The van der Waals surface area contributed by atoms with Crippen LogP contribution in [0, 0.1) is 5.92 Å². The number of nitrogens with one attached hydrogen (secondary N) is 1. The quantitative estimate of drug-likeness (QED) is 0.843. The van der Waals surface area contributed by atoms with Crippen molar-refractivity contribution in [3.05, 3.63) is 18.5 Å². The molecule has 1 aromatic heterocycles. The van der Waals surface area contributed by atoms with Gasteiger partial charge < -0.3 is 9.30 Å². The Hall–Kier alpha value is -1.34. The molecule has 0 unspecified atom stereocenters. The summed E-state index contributed by atoms with van der Waals surface area (Å²) in [5, 5.41) is 0. The molecule has 1 aromatic rings. The fourth-order valence-electron chi connectivity index (χ4n) is 2.54. The van der Waals surface area contributed by atoms with E-state index >= 15 is 0 Å². The fourth-order valence-corrected chi connectivity index (χ4v) is 3.89. The van der Waals surface area contributed by atoms with Crippen molar-refractivity contribution in [2.24, 2.45) is 13.0 Å². The molecule has 1 aliphatic carbocycles. The molecule has 0 radical (unpaired) electrons. The molecule has 0 saturated heterocycles. The van der Waals surface area contributed by atoms with E-state index in [0.29, 0.717) is 25.7 Å². The highest BCUT2D eigenvalue weighted by Gasteiger charge is 2.29. The number of esters is 1. The summed E-state index contributed by atoms with van der Waals surface area (Å²) in [5.74, 6) is -0.299. The predicted molar refractivity (Wildman–Crippen MR) is 73.5 cm³/mol.